The number of rotatable bonds is 60. The van der Waals surface area contributed by atoms with Gasteiger partial charge in [0, 0.05) is 72.5 Å². The van der Waals surface area contributed by atoms with Gasteiger partial charge >= 0.3 is 0 Å². The largest absolute Gasteiger partial charge is 0.508 e. The summed E-state index contributed by atoms with van der Waals surface area (Å²) >= 11 is 0. The van der Waals surface area contributed by atoms with Gasteiger partial charge in [0.2, 0.25) is 82.7 Å². The summed E-state index contributed by atoms with van der Waals surface area (Å²) < 4.78 is 0. The van der Waals surface area contributed by atoms with E-state index in [4.69, 9.17) is 84.1 Å². The van der Waals surface area contributed by atoms with Crippen molar-refractivity contribution in [3.63, 3.8) is 0 Å². The Kier molecular flexibility index (Phi) is 49.9. The maximum atomic E-state index is 14.9. The number of amides is 14. The van der Waals surface area contributed by atoms with E-state index in [2.05, 4.69) is 95.7 Å². The highest BCUT2D eigenvalue weighted by molar-refractivity contribution is 5.99. The van der Waals surface area contributed by atoms with E-state index in [1.165, 1.54) is 38.1 Å². The number of hydrogen-bond donors (Lipinski definition) is 34. The van der Waals surface area contributed by atoms with Gasteiger partial charge in [-0.25, -0.2) is 0 Å². The highest BCUT2D eigenvalue weighted by Gasteiger charge is 2.36. The van der Waals surface area contributed by atoms with Crippen LogP contribution < -0.4 is 147 Å². The van der Waals surface area contributed by atoms with Crippen molar-refractivity contribution >= 4 is 118 Å². The fourth-order valence-electron chi connectivity index (χ4n) is 11.2. The second-order valence-corrected chi connectivity index (χ2v) is 27.0. The zero-order valence-electron chi connectivity index (χ0n) is 65.7. The molecule has 0 saturated carbocycles. The third kappa shape index (κ3) is 47.5. The maximum Gasteiger partial charge on any atom is 0.243 e. The summed E-state index contributed by atoms with van der Waals surface area (Å²) in [5.74, 6) is -15.1. The molecule has 10 atom stereocenters. The molecule has 0 aliphatic rings. The van der Waals surface area contributed by atoms with Crippen LogP contribution in [0.15, 0.2) is 24.3 Å². The van der Waals surface area contributed by atoms with Gasteiger partial charge in [0.25, 0.3) is 0 Å². The molecule has 0 saturated heterocycles. The molecule has 0 spiro atoms. The molecule has 14 amide bonds. The van der Waals surface area contributed by atoms with E-state index in [1.807, 2.05) is 0 Å². The number of nitrogens with one attached hydrogen (secondary N) is 24. The molecular weight excluding hydrogens is 1520 g/mol. The summed E-state index contributed by atoms with van der Waals surface area (Å²) in [6.07, 6.45) is -1.31. The number of nitrogens with two attached hydrogens (primary N) is 9. The van der Waals surface area contributed by atoms with Crippen molar-refractivity contribution in [2.45, 2.75) is 209 Å². The summed E-state index contributed by atoms with van der Waals surface area (Å²) in [5.41, 5.74) is 50.5. The zero-order valence-corrected chi connectivity index (χ0v) is 65.7. The van der Waals surface area contributed by atoms with Crippen molar-refractivity contribution in [1.29, 1.82) is 32.5 Å². The van der Waals surface area contributed by atoms with Crippen LogP contribution in [0.4, 0.5) is 0 Å². The Morgan fingerprint density at radius 2 is 0.586 bits per heavy atom. The molecule has 0 aliphatic carbocycles. The van der Waals surface area contributed by atoms with Crippen molar-refractivity contribution in [2.75, 3.05) is 58.9 Å². The molecule has 43 N–H and O–H groups in total. The maximum absolute atomic E-state index is 14.9. The Bertz CT molecular complexity index is 3460. The van der Waals surface area contributed by atoms with Crippen LogP contribution in [-0.4, -0.2) is 243 Å². The molecule has 0 radical (unpaired) electrons. The number of primary amides is 2. The molecule has 1 rings (SSSR count). The molecule has 0 aliphatic heterocycles. The lowest BCUT2D eigenvalue weighted by Crippen LogP contribution is -2.60. The van der Waals surface area contributed by atoms with Gasteiger partial charge in [-0.2, -0.15) is 0 Å². The molecule has 650 valence electrons. The third-order valence-corrected chi connectivity index (χ3v) is 17.1. The average Bonchev–Trinajstić information content (AvgIpc) is 0.857. The second kappa shape index (κ2) is 57.2. The van der Waals surface area contributed by atoms with Crippen molar-refractivity contribution < 1.29 is 72.2 Å². The highest BCUT2D eigenvalue weighted by Crippen LogP contribution is 2.15. The molecule has 48 nitrogen and oxygen atoms in total. The lowest BCUT2D eigenvalue weighted by atomic mass is 10.0. The fourth-order valence-corrected chi connectivity index (χ4v) is 11.2. The molecular formula is C68H123N33O15. The van der Waals surface area contributed by atoms with Crippen LogP contribution in [0.25, 0.3) is 0 Å². The first kappa shape index (κ1) is 101. The summed E-state index contributed by atoms with van der Waals surface area (Å²) in [6, 6.07) is -9.20. The summed E-state index contributed by atoms with van der Waals surface area (Å²) in [5, 5.41) is 102. The first-order chi connectivity index (χ1) is 54.8. The van der Waals surface area contributed by atoms with Gasteiger partial charge < -0.3 is 152 Å². The number of aromatic hydroxyl groups is 1. The molecule has 1 aromatic rings. The van der Waals surface area contributed by atoms with Gasteiger partial charge in [0.05, 0.1) is 6.54 Å². The summed E-state index contributed by atoms with van der Waals surface area (Å²) in [6.45, 7) is 2.07. The van der Waals surface area contributed by atoms with E-state index >= 15 is 0 Å². The van der Waals surface area contributed by atoms with Crippen LogP contribution in [0.5, 0.6) is 5.75 Å². The van der Waals surface area contributed by atoms with Gasteiger partial charge in [0.1, 0.15) is 66.2 Å². The number of guanidine groups is 6. The molecule has 0 unspecified atom stereocenters. The van der Waals surface area contributed by atoms with Gasteiger partial charge in [-0.1, -0.05) is 12.1 Å². The topological polar surface area (TPSA) is 853 Å². The number of unbranched alkanes of at least 4 members (excludes halogenated alkanes) is 2. The Balaban J connectivity index is 3.98. The number of hydrogen-bond acceptors (Lipinski definition) is 22. The molecule has 1 aromatic carbocycles. The minimum Gasteiger partial charge on any atom is -0.508 e. The van der Waals surface area contributed by atoms with Crippen LogP contribution in [0.3, 0.4) is 0 Å². The molecule has 0 fully saturated rings. The third-order valence-electron chi connectivity index (χ3n) is 17.1. The Labute approximate surface area is 671 Å². The van der Waals surface area contributed by atoms with Crippen molar-refractivity contribution in [3.05, 3.63) is 29.8 Å². The smallest absolute Gasteiger partial charge is 0.243 e. The van der Waals surface area contributed by atoms with Crippen LogP contribution >= 0.6 is 0 Å². The minimum absolute atomic E-state index is 0.00831. The molecule has 0 heterocycles. The van der Waals surface area contributed by atoms with Crippen LogP contribution in [0.2, 0.25) is 0 Å². The number of benzene rings is 1. The predicted octanol–water partition coefficient (Wildman–Crippen LogP) is -10.3. The molecule has 0 aromatic heterocycles. The monoisotopic (exact) mass is 1640 g/mol. The summed E-state index contributed by atoms with van der Waals surface area (Å²) in [7, 11) is 0. The van der Waals surface area contributed by atoms with Gasteiger partial charge in [-0.15, -0.1) is 0 Å². The number of phenolic OH excluding ortho intramolecular Hbond substituents is 1. The Morgan fingerprint density at radius 1 is 0.310 bits per heavy atom. The van der Waals surface area contributed by atoms with Crippen molar-refractivity contribution in [2.24, 2.45) is 51.6 Å². The Morgan fingerprint density at radius 3 is 0.871 bits per heavy atom. The fraction of sp³-hybridized carbons (Fsp3) is 0.618. The SMILES string of the molecule is CC(=O)NCCCC[C@H](NC(=O)[C@H](CCCCN)NC(=O)[C@H](CCCNC(=N)N)NC(=O)CNC(=O)[C@H](Cc1ccc(O)cc1)NC(C)=O)C(=O)N[C@@H](CCCNC(=N)N)C(=O)N[C@@H](CCCNC(=N)N)C(=O)N[C@@H](CCC(N)=O)C(=O)N[C@@H](CCCNC(=N)N)C(=O)N[C@@H](CCCNC(=N)N)C(=O)N[C@@H](CCCNC(=N)N)C(N)=O. The normalized spacial score (nSPS) is 13.3. The van der Waals surface area contributed by atoms with Crippen molar-refractivity contribution in [3.8, 4) is 5.75 Å². The van der Waals surface area contributed by atoms with Crippen molar-refractivity contribution in [1.82, 2.24) is 95.7 Å². The highest BCUT2D eigenvalue weighted by atomic mass is 16.3. The zero-order chi connectivity index (χ0) is 87.2. The quantitative estimate of drug-likeness (QED) is 0.0164. The van der Waals surface area contributed by atoms with Crippen LogP contribution in [0, 0.1) is 32.5 Å². The Hall–Kier alpha value is -12.8. The number of phenols is 1. The van der Waals surface area contributed by atoms with E-state index in [0.717, 1.165) is 0 Å². The second-order valence-electron chi connectivity index (χ2n) is 27.0. The number of carbonyl (C=O) groups excluding carboxylic acids is 14. The number of carbonyl (C=O) groups is 14. The van der Waals surface area contributed by atoms with E-state index < -0.39 is 186 Å². The first-order valence-corrected chi connectivity index (χ1v) is 37.9. The molecule has 116 heavy (non-hydrogen) atoms. The molecule has 48 heteroatoms. The van der Waals surface area contributed by atoms with E-state index in [9.17, 15) is 72.2 Å². The van der Waals surface area contributed by atoms with Gasteiger partial charge in [-0.3, -0.25) is 99.6 Å². The lowest BCUT2D eigenvalue weighted by Gasteiger charge is -2.28. The van der Waals surface area contributed by atoms with Gasteiger partial charge in [-0.05, 0) is 146 Å². The first-order valence-electron chi connectivity index (χ1n) is 37.9. The summed E-state index contributed by atoms with van der Waals surface area (Å²) in [4.78, 5) is 193. The molecule has 0 bridgehead atoms. The van der Waals surface area contributed by atoms with Gasteiger partial charge in [0.15, 0.2) is 35.8 Å². The van der Waals surface area contributed by atoms with E-state index in [-0.39, 0.29) is 186 Å². The van der Waals surface area contributed by atoms with Crippen LogP contribution in [0.1, 0.15) is 148 Å². The standard InChI is InChI=1S/C68H123N33O15/c1-37(102)84-28-6-4-14-44(96-57(111)43(13-3-5-27-69)95-55(109)42(16-8-30-86-64(74)75)93-52(106)36-91-54(108)50(92-38(2)103)35-39-21-23-40(104)24-22-39)58(112)98-46(18-10-32-88-66(78)79)59(113)99-48(20-12-34-90-68(82)83)61(115)101-49(25-26-51(70)105)62(116)100-47(19-11-33-89-67(80)81)60(114)97-45(17-9-31-87-65(76)77)56(110)94-41(53(71)107)15-7-29-85-63(72)73/h21-24,41-50,104H,3-20,25-36,69H2,1-2H3,(H2,70,105)(H2,71,107)(H,84,102)(H,91,108)(H,92,103)(H,93,106)(H,94,110)(H,95,109)(H,96,111)(H,97,114)(H,98,112)(H,99,113)(H,100,116)(H,101,115)(H4,72,73,85)(H4,74,75,86)(H4,76,77,87)(H4,78,79,88)(H4,80,81,89)(H4,82,83,90)/t41-,42-,43-,44-,45-,46-,47-,48-,49-,50-/m0/s1. The predicted molar refractivity (Wildman–Crippen MR) is 428 cm³/mol. The van der Waals surface area contributed by atoms with E-state index in [0.29, 0.717) is 12.0 Å². The average molecular weight is 1640 g/mol. The van der Waals surface area contributed by atoms with E-state index in [1.54, 1.807) is 0 Å². The lowest BCUT2D eigenvalue weighted by molar-refractivity contribution is -0.136. The minimum atomic E-state index is -1.76. The van der Waals surface area contributed by atoms with Crippen LogP contribution in [-0.2, 0) is 73.5 Å².